The zero-order chi connectivity index (χ0) is 26.9. The molecule has 0 spiro atoms. The second-order valence-electron chi connectivity index (χ2n) is 10.9. The Morgan fingerprint density at radius 2 is 1.72 bits per heavy atom. The molecule has 5 heterocycles. The topological polar surface area (TPSA) is 49.2 Å². The molecule has 6 nitrogen and oxygen atoms in total. The molecule has 2 aliphatic rings. The summed E-state index contributed by atoms with van der Waals surface area (Å²) in [6.07, 6.45) is 7.03. The molecule has 39 heavy (non-hydrogen) atoms. The monoisotopic (exact) mass is 556 g/mol. The minimum atomic E-state index is -0.127. The zero-order valence-corrected chi connectivity index (χ0v) is 23.8. The summed E-state index contributed by atoms with van der Waals surface area (Å²) in [6, 6.07) is 22.4. The average molecular weight is 557 g/mol. The number of pyridine rings is 2. The minimum Gasteiger partial charge on any atom is -0.370 e. The van der Waals surface area contributed by atoms with Gasteiger partial charge in [-0.15, -0.1) is 0 Å². The Morgan fingerprint density at radius 3 is 2.41 bits per heavy atom. The molecule has 2 fully saturated rings. The molecule has 4 aromatic rings. The van der Waals surface area contributed by atoms with E-state index in [1.807, 2.05) is 36.7 Å². The van der Waals surface area contributed by atoms with Crippen molar-refractivity contribution in [3.05, 3.63) is 107 Å². The zero-order valence-electron chi connectivity index (χ0n) is 22.2. The van der Waals surface area contributed by atoms with Crippen LogP contribution in [0.1, 0.15) is 49.4 Å². The van der Waals surface area contributed by atoms with E-state index in [9.17, 15) is 0 Å². The molecule has 6 rings (SSSR count). The van der Waals surface area contributed by atoms with Crippen LogP contribution in [0.5, 0.6) is 0 Å². The fraction of sp³-hybridized carbons (Fsp3) is 0.323. The summed E-state index contributed by atoms with van der Waals surface area (Å²) in [7, 11) is 0. The molecule has 0 unspecified atom stereocenters. The maximum absolute atomic E-state index is 6.99. The van der Waals surface area contributed by atoms with Gasteiger partial charge in [0.25, 0.3) is 0 Å². The van der Waals surface area contributed by atoms with Gasteiger partial charge in [0, 0.05) is 43.1 Å². The molecular weight excluding hydrogens is 524 g/mol. The lowest BCUT2D eigenvalue weighted by molar-refractivity contribution is 0.357. The molecule has 0 saturated carbocycles. The molecule has 0 aliphatic carbocycles. The van der Waals surface area contributed by atoms with Crippen LogP contribution in [0.15, 0.2) is 85.3 Å². The third kappa shape index (κ3) is 5.25. The first-order chi connectivity index (χ1) is 19.0. The number of nitrogens with one attached hydrogen (secondary N) is 1. The van der Waals surface area contributed by atoms with E-state index in [1.165, 1.54) is 6.42 Å². The second kappa shape index (κ2) is 11.0. The van der Waals surface area contributed by atoms with Crippen molar-refractivity contribution in [2.45, 2.75) is 38.9 Å². The van der Waals surface area contributed by atoms with Crippen LogP contribution in [-0.2, 0) is 6.54 Å². The molecule has 1 N–H and O–H groups in total. The first-order valence-electron chi connectivity index (χ1n) is 13.6. The summed E-state index contributed by atoms with van der Waals surface area (Å²) in [4.78, 5) is 13.9. The Hall–Kier alpha value is -3.42. The Labute approximate surface area is 240 Å². The minimum absolute atomic E-state index is 0.122. The summed E-state index contributed by atoms with van der Waals surface area (Å²) < 4.78 is 2.25. The molecule has 8 heteroatoms. The van der Waals surface area contributed by atoms with Crippen molar-refractivity contribution in [1.29, 1.82) is 0 Å². The Kier molecular flexibility index (Phi) is 7.28. The number of hydrogen-bond acceptors (Lipinski definition) is 4. The van der Waals surface area contributed by atoms with Crippen molar-refractivity contribution in [2.75, 3.05) is 22.9 Å². The number of thiocarbonyl (C=S) groups is 1. The molecule has 2 aliphatic heterocycles. The van der Waals surface area contributed by atoms with Crippen LogP contribution < -0.4 is 15.1 Å². The molecule has 4 atom stereocenters. The Morgan fingerprint density at radius 1 is 0.949 bits per heavy atom. The number of aromatic nitrogens is 3. The summed E-state index contributed by atoms with van der Waals surface area (Å²) in [6.45, 7) is 7.36. The highest BCUT2D eigenvalue weighted by Crippen LogP contribution is 2.43. The van der Waals surface area contributed by atoms with E-state index < -0.39 is 0 Å². The molecule has 1 aromatic carbocycles. The van der Waals surface area contributed by atoms with E-state index in [4.69, 9.17) is 28.8 Å². The third-order valence-electron chi connectivity index (χ3n) is 7.74. The van der Waals surface area contributed by atoms with E-state index in [1.54, 1.807) is 0 Å². The fourth-order valence-electron chi connectivity index (χ4n) is 6.20. The molecule has 0 bridgehead atoms. The maximum Gasteiger partial charge on any atom is 0.174 e. The van der Waals surface area contributed by atoms with Crippen molar-refractivity contribution < 1.29 is 0 Å². The van der Waals surface area contributed by atoms with Gasteiger partial charge in [0.1, 0.15) is 6.04 Å². The number of benzene rings is 1. The number of piperidine rings is 1. The van der Waals surface area contributed by atoms with Crippen molar-refractivity contribution >= 4 is 40.3 Å². The summed E-state index contributed by atoms with van der Waals surface area (Å²) >= 11 is 13.0. The lowest BCUT2D eigenvalue weighted by atomic mass is 9.91. The molecule has 0 radical (unpaired) electrons. The highest BCUT2D eigenvalue weighted by Gasteiger charge is 2.42. The van der Waals surface area contributed by atoms with Gasteiger partial charge in [-0.05, 0) is 85.1 Å². The van der Waals surface area contributed by atoms with Crippen molar-refractivity contribution in [2.24, 2.45) is 11.8 Å². The number of nitrogens with zero attached hydrogens (tertiary/aromatic N) is 5. The van der Waals surface area contributed by atoms with Gasteiger partial charge in [0.15, 0.2) is 5.11 Å². The highest BCUT2D eigenvalue weighted by molar-refractivity contribution is 7.80. The Bertz CT molecular complexity index is 1430. The Balaban J connectivity index is 1.39. The third-order valence-corrected chi connectivity index (χ3v) is 8.36. The first kappa shape index (κ1) is 25.8. The van der Waals surface area contributed by atoms with Gasteiger partial charge in [-0.3, -0.25) is 9.97 Å². The summed E-state index contributed by atoms with van der Waals surface area (Å²) in [5.74, 6) is 1.30. The van der Waals surface area contributed by atoms with Gasteiger partial charge in [0.2, 0.25) is 0 Å². The van der Waals surface area contributed by atoms with E-state index in [0.717, 1.165) is 46.6 Å². The SMILES string of the molecule is C[C@@H]1C[C@H](C)CN(c2ccc(N3C(=S)N[C@@H](c4ccccn4)[C@H]3c3cccn3Cc3ccccn3)cc2Cl)C1. The van der Waals surface area contributed by atoms with E-state index in [2.05, 4.69) is 87.2 Å². The fourth-order valence-corrected chi connectivity index (χ4v) is 6.84. The van der Waals surface area contributed by atoms with Crippen LogP contribution >= 0.6 is 23.8 Å². The molecular formula is C31H33ClN6S. The quantitative estimate of drug-likeness (QED) is 0.269. The van der Waals surface area contributed by atoms with Gasteiger partial charge in [-0.25, -0.2) is 0 Å². The van der Waals surface area contributed by atoms with Crippen LogP contribution in [0.4, 0.5) is 11.4 Å². The number of halogens is 1. The smallest absolute Gasteiger partial charge is 0.174 e. The van der Waals surface area contributed by atoms with Crippen LogP contribution in [-0.4, -0.2) is 32.7 Å². The van der Waals surface area contributed by atoms with Crippen LogP contribution in [0.25, 0.3) is 0 Å². The van der Waals surface area contributed by atoms with Gasteiger partial charge in [-0.2, -0.15) is 0 Å². The summed E-state index contributed by atoms with van der Waals surface area (Å²) in [5.41, 5.74) is 5.13. The van der Waals surface area contributed by atoms with Gasteiger partial charge >= 0.3 is 0 Å². The average Bonchev–Trinajstić information content (AvgIpc) is 3.52. The van der Waals surface area contributed by atoms with E-state index in [-0.39, 0.29) is 12.1 Å². The second-order valence-corrected chi connectivity index (χ2v) is 11.7. The standard InChI is InChI=1S/C31H33ClN6S/c1-21-16-22(2)19-37(18-21)27-12-11-24(17-25(27)32)38-30(29(35-31(38)39)26-9-4-6-14-34-26)28-10-7-15-36(28)20-23-8-3-5-13-33-23/h3-15,17,21-22,29-30H,16,18-20H2,1-2H3,(H,35,39)/t21-,22+,29-,30+/m0/s1. The molecule has 3 aromatic heterocycles. The lowest BCUT2D eigenvalue weighted by Gasteiger charge is -2.37. The van der Waals surface area contributed by atoms with Crippen LogP contribution in [0.3, 0.4) is 0 Å². The van der Waals surface area contributed by atoms with Gasteiger partial charge in [0.05, 0.1) is 34.7 Å². The normalized spacial score (nSPS) is 23.2. The number of anilines is 2. The largest absolute Gasteiger partial charge is 0.370 e. The highest BCUT2D eigenvalue weighted by atomic mass is 35.5. The van der Waals surface area contributed by atoms with Gasteiger partial charge in [-0.1, -0.05) is 37.6 Å². The molecule has 200 valence electrons. The van der Waals surface area contributed by atoms with Crippen LogP contribution in [0, 0.1) is 11.8 Å². The van der Waals surface area contributed by atoms with Crippen molar-refractivity contribution in [3.8, 4) is 0 Å². The molecule has 0 amide bonds. The van der Waals surface area contributed by atoms with Crippen molar-refractivity contribution in [3.63, 3.8) is 0 Å². The maximum atomic E-state index is 6.99. The van der Waals surface area contributed by atoms with Crippen molar-refractivity contribution in [1.82, 2.24) is 19.9 Å². The predicted octanol–water partition coefficient (Wildman–Crippen LogP) is 6.64. The lowest BCUT2D eigenvalue weighted by Crippen LogP contribution is -2.38. The van der Waals surface area contributed by atoms with E-state index >= 15 is 0 Å². The van der Waals surface area contributed by atoms with Gasteiger partial charge < -0.3 is 19.7 Å². The number of rotatable bonds is 6. The van der Waals surface area contributed by atoms with E-state index in [0.29, 0.717) is 23.5 Å². The summed E-state index contributed by atoms with van der Waals surface area (Å²) in [5, 5.41) is 4.98. The number of hydrogen-bond donors (Lipinski definition) is 1. The first-order valence-corrected chi connectivity index (χ1v) is 14.4. The van der Waals surface area contributed by atoms with Crippen LogP contribution in [0.2, 0.25) is 5.02 Å². The molecule has 2 saturated heterocycles. The predicted molar refractivity (Wildman–Crippen MR) is 162 cm³/mol.